The minimum atomic E-state index is -0.156. The second-order valence-electron chi connectivity index (χ2n) is 6.52. The molecule has 3 nitrogen and oxygen atoms in total. The van der Waals surface area contributed by atoms with Crippen LogP contribution in [0.3, 0.4) is 0 Å². The van der Waals surface area contributed by atoms with Crippen molar-refractivity contribution >= 4 is 11.4 Å². The lowest BCUT2D eigenvalue weighted by Gasteiger charge is -2.30. The summed E-state index contributed by atoms with van der Waals surface area (Å²) in [5.41, 5.74) is 1.54. The first-order chi connectivity index (χ1) is 9.97. The van der Waals surface area contributed by atoms with Gasteiger partial charge >= 0.3 is 0 Å². The maximum absolute atomic E-state index is 14.2. The molecule has 0 amide bonds. The fourth-order valence-corrected chi connectivity index (χ4v) is 2.88. The zero-order chi connectivity index (χ0) is 15.4. The maximum Gasteiger partial charge on any atom is 0.148 e. The summed E-state index contributed by atoms with van der Waals surface area (Å²) in [6.45, 7) is 7.37. The van der Waals surface area contributed by atoms with E-state index in [9.17, 15) is 4.39 Å². The van der Waals surface area contributed by atoms with Crippen LogP contribution in [0.1, 0.15) is 26.7 Å². The summed E-state index contributed by atoms with van der Waals surface area (Å²) in [6.07, 6.45) is 2.52. The Kier molecular flexibility index (Phi) is 5.45. The zero-order valence-corrected chi connectivity index (χ0v) is 13.7. The minimum Gasteiger partial charge on any atom is -0.385 e. The third-order valence-corrected chi connectivity index (χ3v) is 4.42. The van der Waals surface area contributed by atoms with Crippen LogP contribution in [0.15, 0.2) is 18.2 Å². The highest BCUT2D eigenvalue weighted by atomic mass is 19.1. The number of piperidine rings is 1. The van der Waals surface area contributed by atoms with Crippen LogP contribution < -0.4 is 10.2 Å². The van der Waals surface area contributed by atoms with Crippen molar-refractivity contribution in [3.05, 3.63) is 24.0 Å². The van der Waals surface area contributed by atoms with Crippen LogP contribution in [0.5, 0.6) is 0 Å². The van der Waals surface area contributed by atoms with Crippen molar-refractivity contribution in [2.45, 2.75) is 32.7 Å². The number of likely N-dealkylation sites (tertiary alicyclic amines) is 1. The topological polar surface area (TPSA) is 18.5 Å². The van der Waals surface area contributed by atoms with Crippen molar-refractivity contribution in [3.8, 4) is 0 Å². The highest BCUT2D eigenvalue weighted by Crippen LogP contribution is 2.24. The van der Waals surface area contributed by atoms with Crippen molar-refractivity contribution in [2.75, 3.05) is 43.9 Å². The number of anilines is 2. The minimum absolute atomic E-state index is 0.156. The van der Waals surface area contributed by atoms with E-state index in [1.165, 1.54) is 19.4 Å². The average molecular weight is 293 g/mol. The Hall–Kier alpha value is -1.29. The Bertz CT molecular complexity index is 461. The maximum atomic E-state index is 14.2. The number of halogens is 1. The van der Waals surface area contributed by atoms with Gasteiger partial charge in [-0.25, -0.2) is 4.39 Å². The predicted octanol–water partition coefficient (Wildman–Crippen LogP) is 3.42. The molecular formula is C17H28FN3. The summed E-state index contributed by atoms with van der Waals surface area (Å²) in [6, 6.07) is 5.74. The first-order valence-electron chi connectivity index (χ1n) is 7.92. The van der Waals surface area contributed by atoms with E-state index in [-0.39, 0.29) is 11.9 Å². The Morgan fingerprint density at radius 2 is 2.19 bits per heavy atom. The molecule has 0 aromatic heterocycles. The van der Waals surface area contributed by atoms with Gasteiger partial charge < -0.3 is 15.1 Å². The lowest BCUT2D eigenvalue weighted by atomic mass is 9.98. The molecule has 1 heterocycles. The van der Waals surface area contributed by atoms with Crippen LogP contribution in [0.2, 0.25) is 0 Å². The molecule has 1 aliphatic heterocycles. The van der Waals surface area contributed by atoms with E-state index < -0.39 is 0 Å². The highest BCUT2D eigenvalue weighted by molar-refractivity contribution is 5.56. The fourth-order valence-electron chi connectivity index (χ4n) is 2.88. The van der Waals surface area contributed by atoms with Crippen LogP contribution in [0, 0.1) is 11.7 Å². The summed E-state index contributed by atoms with van der Waals surface area (Å²) >= 11 is 0. The van der Waals surface area contributed by atoms with Gasteiger partial charge in [-0.1, -0.05) is 0 Å². The summed E-state index contributed by atoms with van der Waals surface area (Å²) in [7, 11) is 4.09. The van der Waals surface area contributed by atoms with Crippen LogP contribution in [-0.2, 0) is 0 Å². The van der Waals surface area contributed by atoms with Gasteiger partial charge in [0.1, 0.15) is 5.82 Å². The molecule has 0 aliphatic carbocycles. The van der Waals surface area contributed by atoms with Crippen molar-refractivity contribution in [2.24, 2.45) is 5.92 Å². The second kappa shape index (κ2) is 7.12. The molecule has 118 valence electrons. The molecule has 1 aliphatic rings. The number of nitrogens with zero attached hydrogens (tertiary/aromatic N) is 2. The molecule has 1 aromatic rings. The molecule has 1 atom stereocenters. The molecule has 1 aromatic carbocycles. The van der Waals surface area contributed by atoms with E-state index in [4.69, 9.17) is 0 Å². The molecule has 4 heteroatoms. The summed E-state index contributed by atoms with van der Waals surface area (Å²) in [5, 5.41) is 3.39. The summed E-state index contributed by atoms with van der Waals surface area (Å²) < 4.78 is 14.2. The van der Waals surface area contributed by atoms with Gasteiger partial charge in [-0.15, -0.1) is 0 Å². The van der Waals surface area contributed by atoms with E-state index in [0.717, 1.165) is 18.8 Å². The molecule has 2 rings (SSSR count). The predicted molar refractivity (Wildman–Crippen MR) is 88.6 cm³/mol. The van der Waals surface area contributed by atoms with Gasteiger partial charge in [-0.3, -0.25) is 0 Å². The van der Waals surface area contributed by atoms with E-state index in [1.807, 2.05) is 24.1 Å². The van der Waals surface area contributed by atoms with Crippen LogP contribution in [-0.4, -0.2) is 44.7 Å². The van der Waals surface area contributed by atoms with Gasteiger partial charge in [0.2, 0.25) is 0 Å². The SMILES string of the molecule is CC(C)N(C)c1ccc(NCC2CCCN(C)C2)cc1F. The van der Waals surface area contributed by atoms with E-state index >= 15 is 0 Å². The lowest BCUT2D eigenvalue weighted by molar-refractivity contribution is 0.217. The van der Waals surface area contributed by atoms with Crippen LogP contribution >= 0.6 is 0 Å². The number of nitrogens with one attached hydrogen (secondary N) is 1. The Morgan fingerprint density at radius 1 is 1.43 bits per heavy atom. The Labute approximate surface area is 128 Å². The zero-order valence-electron chi connectivity index (χ0n) is 13.7. The van der Waals surface area contributed by atoms with E-state index in [0.29, 0.717) is 11.6 Å². The van der Waals surface area contributed by atoms with Crippen molar-refractivity contribution < 1.29 is 4.39 Å². The highest BCUT2D eigenvalue weighted by Gasteiger charge is 2.17. The van der Waals surface area contributed by atoms with Gasteiger partial charge in [-0.05, 0) is 64.4 Å². The number of benzene rings is 1. The van der Waals surface area contributed by atoms with Crippen LogP contribution in [0.4, 0.5) is 15.8 Å². The Balaban J connectivity index is 1.94. The van der Waals surface area contributed by atoms with E-state index in [2.05, 4.69) is 31.1 Å². The molecular weight excluding hydrogens is 265 g/mol. The molecule has 1 N–H and O–H groups in total. The van der Waals surface area contributed by atoms with Crippen LogP contribution in [0.25, 0.3) is 0 Å². The second-order valence-corrected chi connectivity index (χ2v) is 6.52. The molecule has 1 fully saturated rings. The largest absolute Gasteiger partial charge is 0.385 e. The van der Waals surface area contributed by atoms with E-state index in [1.54, 1.807) is 6.07 Å². The standard InChI is InChI=1S/C17H28FN3/c1-13(2)21(4)17-8-7-15(10-16(17)18)19-11-14-6-5-9-20(3)12-14/h7-8,10,13-14,19H,5-6,9,11-12H2,1-4H3. The smallest absolute Gasteiger partial charge is 0.148 e. The van der Waals surface area contributed by atoms with Gasteiger partial charge in [0, 0.05) is 31.9 Å². The van der Waals surface area contributed by atoms with Gasteiger partial charge in [-0.2, -0.15) is 0 Å². The first kappa shape index (κ1) is 16.1. The summed E-state index contributed by atoms with van der Waals surface area (Å²) in [4.78, 5) is 4.33. The molecule has 21 heavy (non-hydrogen) atoms. The fraction of sp³-hybridized carbons (Fsp3) is 0.647. The third-order valence-electron chi connectivity index (χ3n) is 4.42. The normalized spacial score (nSPS) is 19.8. The van der Waals surface area contributed by atoms with Crippen molar-refractivity contribution in [1.82, 2.24) is 4.90 Å². The first-order valence-corrected chi connectivity index (χ1v) is 7.92. The Morgan fingerprint density at radius 3 is 2.81 bits per heavy atom. The third kappa shape index (κ3) is 4.34. The molecule has 1 saturated heterocycles. The number of rotatable bonds is 5. The lowest BCUT2D eigenvalue weighted by Crippen LogP contribution is -2.35. The summed E-state index contributed by atoms with van der Waals surface area (Å²) in [5.74, 6) is 0.502. The number of hydrogen-bond donors (Lipinski definition) is 1. The van der Waals surface area contributed by atoms with Gasteiger partial charge in [0.15, 0.2) is 0 Å². The van der Waals surface area contributed by atoms with Gasteiger partial charge in [0.25, 0.3) is 0 Å². The molecule has 0 spiro atoms. The molecule has 0 bridgehead atoms. The monoisotopic (exact) mass is 293 g/mol. The quantitative estimate of drug-likeness (QED) is 0.897. The molecule has 1 unspecified atom stereocenters. The van der Waals surface area contributed by atoms with Crippen molar-refractivity contribution in [3.63, 3.8) is 0 Å². The van der Waals surface area contributed by atoms with Crippen molar-refractivity contribution in [1.29, 1.82) is 0 Å². The van der Waals surface area contributed by atoms with Gasteiger partial charge in [0.05, 0.1) is 5.69 Å². The number of hydrogen-bond acceptors (Lipinski definition) is 3. The molecule has 0 radical (unpaired) electrons. The average Bonchev–Trinajstić information content (AvgIpc) is 2.44. The molecule has 0 saturated carbocycles.